The number of oxime groups is 1. The third-order valence-electron chi connectivity index (χ3n) is 3.21. The van der Waals surface area contributed by atoms with Gasteiger partial charge in [0.2, 0.25) is 0 Å². The molecule has 7 heteroatoms. The second-order valence-corrected chi connectivity index (χ2v) is 7.01. The minimum atomic E-state index is -3.20. The molecule has 0 fully saturated rings. The molecule has 1 heterocycles. The summed E-state index contributed by atoms with van der Waals surface area (Å²) in [6, 6.07) is 0. The molecule has 0 aromatic heterocycles. The van der Waals surface area contributed by atoms with Gasteiger partial charge in [0, 0.05) is 18.9 Å². The maximum Gasteiger partial charge on any atom is 0.339 e. The van der Waals surface area contributed by atoms with Gasteiger partial charge in [0.05, 0.1) is 18.9 Å². The average molecular weight is 293 g/mol. The summed E-state index contributed by atoms with van der Waals surface area (Å²) < 4.78 is 23.2. The summed E-state index contributed by atoms with van der Waals surface area (Å²) in [4.78, 5) is 5.29. The van der Waals surface area contributed by atoms with E-state index >= 15 is 0 Å². The normalized spacial score (nSPS) is 22.8. The van der Waals surface area contributed by atoms with Gasteiger partial charge in [-0.1, -0.05) is 12.1 Å². The van der Waals surface area contributed by atoms with Crippen LogP contribution in [0.4, 0.5) is 0 Å². The van der Waals surface area contributed by atoms with E-state index in [0.717, 1.165) is 0 Å². The van der Waals surface area contributed by atoms with Gasteiger partial charge >= 0.3 is 7.60 Å². The third-order valence-corrected chi connectivity index (χ3v) is 5.70. The highest BCUT2D eigenvalue weighted by Crippen LogP contribution is 2.54. The maximum absolute atomic E-state index is 12.6. The molecule has 0 aromatic rings. The summed E-state index contributed by atoms with van der Waals surface area (Å²) in [5, 5.41) is 13.1. The zero-order valence-electron chi connectivity index (χ0n) is 12.0. The first-order chi connectivity index (χ1) is 8.98. The standard InChI is InChI=1S/C12H24NO5P/c1-5-16-19(15,17-6-2)10(4)11-7-12(18-13-11)9(3)8-14/h9-10,12,14H,5-8H2,1-4H3/t9-,10?,12+/m1/s1. The van der Waals surface area contributed by atoms with Crippen LogP contribution >= 0.6 is 7.60 Å². The van der Waals surface area contributed by atoms with Gasteiger partial charge in [0.1, 0.15) is 11.8 Å². The number of nitrogens with zero attached hydrogens (tertiary/aromatic N) is 1. The van der Waals surface area contributed by atoms with E-state index in [1.54, 1.807) is 20.8 Å². The van der Waals surface area contributed by atoms with Crippen LogP contribution in [0.2, 0.25) is 0 Å². The highest BCUT2D eigenvalue weighted by molar-refractivity contribution is 7.55. The molecule has 0 amide bonds. The fraction of sp³-hybridized carbons (Fsp3) is 0.917. The number of rotatable bonds is 8. The van der Waals surface area contributed by atoms with Gasteiger partial charge in [0.15, 0.2) is 0 Å². The van der Waals surface area contributed by atoms with E-state index in [1.165, 1.54) is 0 Å². The van der Waals surface area contributed by atoms with Gasteiger partial charge in [0.25, 0.3) is 0 Å². The minimum Gasteiger partial charge on any atom is -0.396 e. The number of aliphatic hydroxyl groups excluding tert-OH is 1. The van der Waals surface area contributed by atoms with Gasteiger partial charge in [-0.2, -0.15) is 0 Å². The van der Waals surface area contributed by atoms with Crippen molar-refractivity contribution in [3.63, 3.8) is 0 Å². The first-order valence-electron chi connectivity index (χ1n) is 6.70. The molecule has 0 bridgehead atoms. The van der Waals surface area contributed by atoms with Crippen LogP contribution in [-0.2, 0) is 18.5 Å². The van der Waals surface area contributed by atoms with Gasteiger partial charge in [-0.05, 0) is 20.8 Å². The Balaban J connectivity index is 2.72. The summed E-state index contributed by atoms with van der Waals surface area (Å²) in [5.74, 6) is -0.00739. The molecule has 19 heavy (non-hydrogen) atoms. The van der Waals surface area contributed by atoms with Crippen molar-refractivity contribution in [3.05, 3.63) is 0 Å². The van der Waals surface area contributed by atoms with E-state index in [1.807, 2.05) is 6.92 Å². The van der Waals surface area contributed by atoms with Crippen LogP contribution in [0.15, 0.2) is 5.16 Å². The molecule has 0 aromatic carbocycles. The first kappa shape index (κ1) is 16.6. The molecule has 0 aliphatic carbocycles. The van der Waals surface area contributed by atoms with E-state index < -0.39 is 13.3 Å². The smallest absolute Gasteiger partial charge is 0.339 e. The Labute approximate surface area is 114 Å². The zero-order chi connectivity index (χ0) is 14.5. The van der Waals surface area contributed by atoms with Gasteiger partial charge < -0.3 is 19.0 Å². The summed E-state index contributed by atoms with van der Waals surface area (Å²) >= 11 is 0. The lowest BCUT2D eigenvalue weighted by molar-refractivity contribution is 0.0249. The van der Waals surface area contributed by atoms with Crippen LogP contribution in [0.3, 0.4) is 0 Å². The maximum atomic E-state index is 12.6. The number of hydrogen-bond donors (Lipinski definition) is 1. The predicted octanol–water partition coefficient (Wildman–Crippen LogP) is 2.41. The van der Waals surface area contributed by atoms with Crippen LogP contribution < -0.4 is 0 Å². The summed E-state index contributed by atoms with van der Waals surface area (Å²) in [7, 11) is -3.20. The molecule has 1 N–H and O–H groups in total. The van der Waals surface area contributed by atoms with Crippen molar-refractivity contribution in [2.24, 2.45) is 11.1 Å². The van der Waals surface area contributed by atoms with Gasteiger partial charge in [-0.15, -0.1) is 0 Å². The fourth-order valence-electron chi connectivity index (χ4n) is 1.89. The lowest BCUT2D eigenvalue weighted by Crippen LogP contribution is -2.25. The van der Waals surface area contributed by atoms with Gasteiger partial charge in [-0.3, -0.25) is 4.57 Å². The highest BCUT2D eigenvalue weighted by atomic mass is 31.2. The molecule has 1 aliphatic rings. The molecular weight excluding hydrogens is 269 g/mol. The van der Waals surface area contributed by atoms with Crippen molar-refractivity contribution in [2.45, 2.75) is 45.9 Å². The Morgan fingerprint density at radius 2 is 2.00 bits per heavy atom. The van der Waals surface area contributed by atoms with Crippen molar-refractivity contribution >= 4 is 13.3 Å². The van der Waals surface area contributed by atoms with Crippen molar-refractivity contribution in [2.75, 3.05) is 19.8 Å². The summed E-state index contributed by atoms with van der Waals surface area (Å²) in [5.41, 5.74) is 0.249. The van der Waals surface area contributed by atoms with Crippen LogP contribution in [-0.4, -0.2) is 42.4 Å². The largest absolute Gasteiger partial charge is 0.396 e. The molecule has 0 saturated carbocycles. The monoisotopic (exact) mass is 293 g/mol. The molecule has 1 aliphatic heterocycles. The molecule has 0 radical (unpaired) electrons. The average Bonchev–Trinajstić information content (AvgIpc) is 2.87. The Hall–Kier alpha value is -0.420. The Bertz CT molecular complexity index is 350. The zero-order valence-corrected chi connectivity index (χ0v) is 12.9. The van der Waals surface area contributed by atoms with Crippen LogP contribution in [0.5, 0.6) is 0 Å². The summed E-state index contributed by atoms with van der Waals surface area (Å²) in [6.45, 7) is 7.91. The molecule has 0 spiro atoms. The highest BCUT2D eigenvalue weighted by Gasteiger charge is 2.40. The lowest BCUT2D eigenvalue weighted by Gasteiger charge is -2.23. The Morgan fingerprint density at radius 1 is 1.42 bits per heavy atom. The Morgan fingerprint density at radius 3 is 2.47 bits per heavy atom. The fourth-order valence-corrected chi connectivity index (χ4v) is 3.65. The topological polar surface area (TPSA) is 77.4 Å². The van der Waals surface area contributed by atoms with E-state index in [2.05, 4.69) is 5.16 Å². The molecule has 1 unspecified atom stereocenters. The van der Waals surface area contributed by atoms with Crippen LogP contribution in [0.1, 0.15) is 34.1 Å². The Kier molecular flexibility index (Phi) is 6.47. The van der Waals surface area contributed by atoms with Crippen molar-refractivity contribution in [1.82, 2.24) is 0 Å². The molecule has 1 rings (SSSR count). The van der Waals surface area contributed by atoms with E-state index in [-0.39, 0.29) is 18.6 Å². The van der Waals surface area contributed by atoms with Crippen LogP contribution in [0, 0.1) is 5.92 Å². The molecular formula is C12H24NO5P. The van der Waals surface area contributed by atoms with Gasteiger partial charge in [-0.25, -0.2) is 0 Å². The molecule has 112 valence electrons. The summed E-state index contributed by atoms with van der Waals surface area (Å²) in [6.07, 6.45) is 0.381. The quantitative estimate of drug-likeness (QED) is 0.695. The third kappa shape index (κ3) is 4.02. The first-order valence-corrected chi connectivity index (χ1v) is 8.31. The lowest BCUT2D eigenvalue weighted by atomic mass is 10.0. The molecule has 6 nitrogen and oxygen atoms in total. The second kappa shape index (κ2) is 7.39. The second-order valence-electron chi connectivity index (χ2n) is 4.64. The predicted molar refractivity (Wildman–Crippen MR) is 73.5 cm³/mol. The minimum absolute atomic E-state index is 0.00739. The van der Waals surface area contributed by atoms with Crippen molar-refractivity contribution in [1.29, 1.82) is 0 Å². The van der Waals surface area contributed by atoms with Crippen molar-refractivity contribution in [3.8, 4) is 0 Å². The van der Waals surface area contributed by atoms with E-state index in [9.17, 15) is 4.57 Å². The molecule has 0 saturated heterocycles. The number of aliphatic hydroxyl groups is 1. The number of hydrogen-bond acceptors (Lipinski definition) is 6. The van der Waals surface area contributed by atoms with E-state index in [0.29, 0.717) is 25.3 Å². The SMILES string of the molecule is CCOP(=O)(OCC)C(C)C1=NO[C@H]([C@H](C)CO)C1. The van der Waals surface area contributed by atoms with Crippen LogP contribution in [0.25, 0.3) is 0 Å². The van der Waals surface area contributed by atoms with E-state index in [4.69, 9.17) is 19.0 Å². The molecule has 3 atom stereocenters. The van der Waals surface area contributed by atoms with Crippen molar-refractivity contribution < 1.29 is 23.6 Å².